The van der Waals surface area contributed by atoms with Gasteiger partial charge < -0.3 is 20.4 Å². The number of hydrogen-bond donors (Lipinski definition) is 5. The second-order valence-corrected chi connectivity index (χ2v) is 6.61. The number of benzene rings is 1. The standard InChI is InChI=1S/C21H19F2N5O5/c1-21(19(22)23,27-20(31)24-2)16(18(30)28-32)26-17(29)14-9-7-13(8-10-14)5-3-4-6-15-11-25-12-33-15/h7-12,16,19,32H,1-2H3,(H,26,29)(H,28,30)(H2,24,27,31)/t16-,21?/m1/s1. The number of carbonyl (C=O) groups excluding carboxylic acids is 3. The van der Waals surface area contributed by atoms with E-state index in [9.17, 15) is 23.2 Å². The molecule has 2 aromatic rings. The van der Waals surface area contributed by atoms with Crippen molar-refractivity contribution in [3.63, 3.8) is 0 Å². The fraction of sp³-hybridized carbons (Fsp3) is 0.238. The Morgan fingerprint density at radius 1 is 1.15 bits per heavy atom. The topological polar surface area (TPSA) is 146 Å². The van der Waals surface area contributed by atoms with E-state index in [1.807, 2.05) is 5.32 Å². The zero-order valence-corrected chi connectivity index (χ0v) is 17.4. The van der Waals surface area contributed by atoms with E-state index in [0.29, 0.717) is 11.3 Å². The Morgan fingerprint density at radius 3 is 2.36 bits per heavy atom. The summed E-state index contributed by atoms with van der Waals surface area (Å²) in [5.41, 5.74) is -0.808. The number of oxazole rings is 1. The summed E-state index contributed by atoms with van der Waals surface area (Å²) in [5.74, 6) is 8.62. The van der Waals surface area contributed by atoms with Gasteiger partial charge in [-0.05, 0) is 49.0 Å². The monoisotopic (exact) mass is 459 g/mol. The van der Waals surface area contributed by atoms with Gasteiger partial charge in [-0.2, -0.15) is 0 Å². The van der Waals surface area contributed by atoms with Crippen LogP contribution in [-0.2, 0) is 4.79 Å². The highest BCUT2D eigenvalue weighted by Gasteiger charge is 2.48. The summed E-state index contributed by atoms with van der Waals surface area (Å²) in [4.78, 5) is 40.0. The van der Waals surface area contributed by atoms with Crippen LogP contribution in [0.4, 0.5) is 13.6 Å². The molecule has 0 saturated heterocycles. The predicted octanol–water partition coefficient (Wildman–Crippen LogP) is 0.634. The molecule has 12 heteroatoms. The van der Waals surface area contributed by atoms with E-state index in [4.69, 9.17) is 9.62 Å². The molecule has 0 spiro atoms. The van der Waals surface area contributed by atoms with Crippen LogP contribution in [-0.4, -0.2) is 53.1 Å². The van der Waals surface area contributed by atoms with Crippen molar-refractivity contribution < 1.29 is 32.8 Å². The van der Waals surface area contributed by atoms with Crippen LogP contribution in [0.15, 0.2) is 41.3 Å². The van der Waals surface area contributed by atoms with E-state index in [1.165, 1.54) is 49.4 Å². The maximum absolute atomic E-state index is 13.8. The van der Waals surface area contributed by atoms with E-state index in [2.05, 4.69) is 39.3 Å². The van der Waals surface area contributed by atoms with Crippen molar-refractivity contribution in [3.8, 4) is 23.7 Å². The number of urea groups is 1. The Morgan fingerprint density at radius 2 is 1.82 bits per heavy atom. The average Bonchev–Trinajstić information content (AvgIpc) is 3.33. The minimum absolute atomic E-state index is 0.0144. The molecule has 0 fully saturated rings. The molecule has 5 N–H and O–H groups in total. The van der Waals surface area contributed by atoms with Crippen LogP contribution in [0.3, 0.4) is 0 Å². The maximum atomic E-state index is 13.8. The highest BCUT2D eigenvalue weighted by molar-refractivity contribution is 5.98. The Balaban J connectivity index is 2.19. The van der Waals surface area contributed by atoms with Gasteiger partial charge in [-0.25, -0.2) is 24.0 Å². The molecule has 0 aliphatic heterocycles. The fourth-order valence-electron chi connectivity index (χ4n) is 2.51. The summed E-state index contributed by atoms with van der Waals surface area (Å²) in [6.45, 7) is 0.853. The summed E-state index contributed by atoms with van der Waals surface area (Å²) >= 11 is 0. The minimum Gasteiger partial charge on any atom is -0.435 e. The molecule has 0 saturated carbocycles. The molecule has 0 aliphatic rings. The van der Waals surface area contributed by atoms with Crippen molar-refractivity contribution >= 4 is 17.8 Å². The summed E-state index contributed by atoms with van der Waals surface area (Å²) in [6.07, 6.45) is -0.627. The van der Waals surface area contributed by atoms with E-state index in [0.717, 1.165) is 6.92 Å². The first kappa shape index (κ1) is 24.8. The Labute approximate surface area is 187 Å². The lowest BCUT2D eigenvalue weighted by Gasteiger charge is -2.36. The van der Waals surface area contributed by atoms with Crippen LogP contribution in [0.5, 0.6) is 0 Å². The van der Waals surface area contributed by atoms with Gasteiger partial charge in [0.15, 0.2) is 12.2 Å². The molecule has 1 unspecified atom stereocenters. The number of carbonyl (C=O) groups is 3. The molecule has 2 rings (SSSR count). The number of aromatic nitrogens is 1. The Hall–Kier alpha value is -4.42. The lowest BCUT2D eigenvalue weighted by Crippen LogP contribution is -2.69. The first-order valence-corrected chi connectivity index (χ1v) is 9.24. The summed E-state index contributed by atoms with van der Waals surface area (Å²) in [5, 5.41) is 15.1. The quantitative estimate of drug-likeness (QED) is 0.243. The third kappa shape index (κ3) is 6.53. The number of halogens is 2. The number of nitrogens with zero attached hydrogens (tertiary/aromatic N) is 1. The van der Waals surface area contributed by atoms with Gasteiger partial charge in [0, 0.05) is 18.2 Å². The molecule has 2 atom stereocenters. The fourth-order valence-corrected chi connectivity index (χ4v) is 2.51. The molecule has 10 nitrogen and oxygen atoms in total. The van der Waals surface area contributed by atoms with Gasteiger partial charge in [0.1, 0.15) is 11.6 Å². The highest BCUT2D eigenvalue weighted by atomic mass is 19.3. The van der Waals surface area contributed by atoms with Crippen molar-refractivity contribution in [1.82, 2.24) is 26.4 Å². The number of amides is 4. The minimum atomic E-state index is -3.28. The molecule has 172 valence electrons. The zero-order valence-electron chi connectivity index (χ0n) is 17.4. The van der Waals surface area contributed by atoms with Crippen molar-refractivity contribution in [2.45, 2.75) is 24.9 Å². The van der Waals surface area contributed by atoms with Crippen LogP contribution in [0.1, 0.15) is 28.6 Å². The van der Waals surface area contributed by atoms with Crippen molar-refractivity contribution in [1.29, 1.82) is 0 Å². The second-order valence-electron chi connectivity index (χ2n) is 6.61. The van der Waals surface area contributed by atoms with E-state index < -0.39 is 35.9 Å². The van der Waals surface area contributed by atoms with Gasteiger partial charge in [-0.3, -0.25) is 14.8 Å². The third-order valence-corrected chi connectivity index (χ3v) is 4.35. The normalized spacial score (nSPS) is 12.7. The van der Waals surface area contributed by atoms with Crippen LogP contribution >= 0.6 is 0 Å². The van der Waals surface area contributed by atoms with Crippen LogP contribution in [0.2, 0.25) is 0 Å². The maximum Gasteiger partial charge on any atom is 0.315 e. The summed E-state index contributed by atoms with van der Waals surface area (Å²) in [7, 11) is 1.19. The van der Waals surface area contributed by atoms with E-state index >= 15 is 0 Å². The number of hydrogen-bond acceptors (Lipinski definition) is 6. The van der Waals surface area contributed by atoms with Crippen molar-refractivity contribution in [2.24, 2.45) is 0 Å². The Kier molecular flexibility index (Phi) is 8.49. The molecule has 0 aliphatic carbocycles. The lowest BCUT2D eigenvalue weighted by atomic mass is 9.91. The van der Waals surface area contributed by atoms with Gasteiger partial charge in [-0.1, -0.05) is 5.92 Å². The largest absolute Gasteiger partial charge is 0.435 e. The molecule has 0 radical (unpaired) electrons. The van der Waals surface area contributed by atoms with E-state index in [1.54, 1.807) is 0 Å². The molecule has 0 bridgehead atoms. The van der Waals surface area contributed by atoms with Gasteiger partial charge in [0.2, 0.25) is 0 Å². The Bertz CT molecular complexity index is 1110. The molecule has 4 amide bonds. The van der Waals surface area contributed by atoms with Crippen LogP contribution in [0, 0.1) is 23.7 Å². The number of hydroxylamine groups is 1. The van der Waals surface area contributed by atoms with Crippen LogP contribution in [0.25, 0.3) is 0 Å². The van der Waals surface area contributed by atoms with Gasteiger partial charge >= 0.3 is 6.03 Å². The van der Waals surface area contributed by atoms with Crippen molar-refractivity contribution in [2.75, 3.05) is 7.05 Å². The third-order valence-electron chi connectivity index (χ3n) is 4.35. The molecule has 1 heterocycles. The first-order valence-electron chi connectivity index (χ1n) is 9.24. The predicted molar refractivity (Wildman–Crippen MR) is 110 cm³/mol. The van der Waals surface area contributed by atoms with Gasteiger partial charge in [0.05, 0.1) is 6.20 Å². The van der Waals surface area contributed by atoms with Gasteiger partial charge in [0.25, 0.3) is 18.2 Å². The molecule has 1 aromatic carbocycles. The lowest BCUT2D eigenvalue weighted by molar-refractivity contribution is -0.135. The van der Waals surface area contributed by atoms with Crippen molar-refractivity contribution in [3.05, 3.63) is 53.7 Å². The first-order chi connectivity index (χ1) is 15.7. The molecular weight excluding hydrogens is 440 g/mol. The summed E-state index contributed by atoms with van der Waals surface area (Å²) < 4.78 is 32.5. The number of alkyl halides is 2. The average molecular weight is 459 g/mol. The molecule has 33 heavy (non-hydrogen) atoms. The number of rotatable bonds is 6. The SMILES string of the molecule is CNC(=O)NC(C)(C(F)F)[C@H](NC(=O)c1ccc(C#CC#Cc2cnco2)cc1)C(=O)NO. The van der Waals surface area contributed by atoms with E-state index in [-0.39, 0.29) is 5.56 Å². The smallest absolute Gasteiger partial charge is 0.315 e. The highest BCUT2D eigenvalue weighted by Crippen LogP contribution is 2.21. The van der Waals surface area contributed by atoms with Gasteiger partial charge in [-0.15, -0.1) is 0 Å². The van der Waals surface area contributed by atoms with Crippen LogP contribution < -0.4 is 21.4 Å². The second kappa shape index (κ2) is 11.3. The molecule has 1 aromatic heterocycles. The number of nitrogens with one attached hydrogen (secondary N) is 4. The zero-order chi connectivity index (χ0) is 24.4. The summed E-state index contributed by atoms with van der Waals surface area (Å²) in [6, 6.07) is 2.63. The molecular formula is C21H19F2N5O5.